The van der Waals surface area contributed by atoms with Crippen molar-refractivity contribution < 1.29 is 22.1 Å². The zero-order valence-corrected chi connectivity index (χ0v) is 22.5. The zero-order chi connectivity index (χ0) is 26.7. The largest absolute Gasteiger partial charge is 0.334 e. The van der Waals surface area contributed by atoms with Crippen LogP contribution in [0, 0.1) is 5.82 Å². The van der Waals surface area contributed by atoms with Crippen LogP contribution in [0.2, 0.25) is 10.0 Å². The molecule has 2 aromatic carbocycles. The number of rotatable bonds is 6. The number of urea groups is 1. The van der Waals surface area contributed by atoms with E-state index < -0.39 is 15.4 Å². The number of benzene rings is 2. The number of halogens is 3. The van der Waals surface area contributed by atoms with Crippen LogP contribution in [-0.2, 0) is 15.4 Å². The highest BCUT2D eigenvalue weighted by atomic mass is 35.5. The van der Waals surface area contributed by atoms with Crippen LogP contribution >= 0.6 is 23.2 Å². The Hall–Kier alpha value is -2.73. The molecule has 13 heteroatoms. The number of aromatic nitrogens is 2. The van der Waals surface area contributed by atoms with Gasteiger partial charge in [0.25, 0.3) is 5.89 Å². The lowest BCUT2D eigenvalue weighted by atomic mass is 9.94. The second-order valence-electron chi connectivity index (χ2n) is 9.89. The maximum atomic E-state index is 13.3. The van der Waals surface area contributed by atoms with Gasteiger partial charge in [0, 0.05) is 53.0 Å². The summed E-state index contributed by atoms with van der Waals surface area (Å²) in [5.74, 6) is 0.352. The average molecular weight is 580 g/mol. The van der Waals surface area contributed by atoms with Gasteiger partial charge in [0.2, 0.25) is 10.0 Å². The maximum Gasteiger partial charge on any atom is 0.321 e. The van der Waals surface area contributed by atoms with Crippen molar-refractivity contribution in [3.8, 4) is 11.5 Å². The van der Waals surface area contributed by atoms with Gasteiger partial charge in [0.15, 0.2) is 5.82 Å². The van der Waals surface area contributed by atoms with E-state index in [-0.39, 0.29) is 36.1 Å². The summed E-state index contributed by atoms with van der Waals surface area (Å²) in [5, 5.41) is 7.44. The van der Waals surface area contributed by atoms with E-state index >= 15 is 0 Å². The first-order valence-corrected chi connectivity index (χ1v) is 14.6. The van der Waals surface area contributed by atoms with E-state index in [2.05, 4.69) is 15.5 Å². The van der Waals surface area contributed by atoms with E-state index in [0.717, 1.165) is 0 Å². The van der Waals surface area contributed by atoms with Gasteiger partial charge in [-0.2, -0.15) is 9.29 Å². The van der Waals surface area contributed by atoms with Crippen LogP contribution in [0.25, 0.3) is 11.5 Å². The predicted octanol–water partition coefficient (Wildman–Crippen LogP) is 4.90. The zero-order valence-electron chi connectivity index (χ0n) is 20.2. The minimum Gasteiger partial charge on any atom is -0.334 e. The minimum absolute atomic E-state index is 0.262. The quantitative estimate of drug-likeness (QED) is 0.444. The third-order valence-corrected chi connectivity index (χ3v) is 10.3. The SMILES string of the molecule is O=C(Nc1cc(Cl)c(C2(c3noc(-c4ccc(F)cc4)n3)CC2)c(Cl)c1)N1CCN(S(=O)(=O)C2CC2)CC1. The molecule has 3 aliphatic rings. The molecule has 6 rings (SSSR count). The van der Waals surface area contributed by atoms with E-state index in [9.17, 15) is 17.6 Å². The Morgan fingerprint density at radius 1 is 1.05 bits per heavy atom. The molecule has 1 saturated heterocycles. The Bertz CT molecular complexity index is 1480. The number of carbonyl (C=O) groups is 1. The Labute approximate surface area is 228 Å². The second-order valence-corrected chi connectivity index (χ2v) is 12.9. The lowest BCUT2D eigenvalue weighted by Crippen LogP contribution is -2.52. The standard InChI is InChI=1S/C25H24Cl2FN5O4S/c26-19-13-17(29-24(34)32-9-11-33(12-10-32)38(35,36)18-5-6-18)14-20(27)21(19)25(7-8-25)23-30-22(37-31-23)15-1-3-16(28)4-2-15/h1-4,13-14,18H,5-12H2,(H,29,34). The van der Waals surface area contributed by atoms with Crippen LogP contribution in [-0.4, -0.2) is 65.2 Å². The molecule has 0 bridgehead atoms. The number of anilines is 1. The van der Waals surface area contributed by atoms with Crippen LogP contribution in [0.5, 0.6) is 0 Å². The van der Waals surface area contributed by atoms with Gasteiger partial charge in [0.05, 0.1) is 10.7 Å². The summed E-state index contributed by atoms with van der Waals surface area (Å²) in [7, 11) is -3.25. The number of hydrogen-bond acceptors (Lipinski definition) is 6. The molecule has 9 nitrogen and oxygen atoms in total. The van der Waals surface area contributed by atoms with Crippen LogP contribution in [0.3, 0.4) is 0 Å². The van der Waals surface area contributed by atoms with Crippen LogP contribution in [0.4, 0.5) is 14.9 Å². The average Bonchev–Trinajstić information content (AvgIpc) is 3.83. The van der Waals surface area contributed by atoms with E-state index in [0.29, 0.717) is 71.5 Å². The van der Waals surface area contributed by atoms with E-state index in [1.165, 1.54) is 16.4 Å². The topological polar surface area (TPSA) is 109 Å². The van der Waals surface area contributed by atoms with Gasteiger partial charge in [-0.3, -0.25) is 0 Å². The summed E-state index contributed by atoms with van der Waals surface area (Å²) >= 11 is 13.3. The third-order valence-electron chi connectivity index (χ3n) is 7.30. The fraction of sp³-hybridized carbons (Fsp3) is 0.400. The fourth-order valence-electron chi connectivity index (χ4n) is 4.87. The molecule has 2 heterocycles. The molecule has 0 spiro atoms. The van der Waals surface area contributed by atoms with Crippen molar-refractivity contribution >= 4 is 44.9 Å². The van der Waals surface area contributed by atoms with Gasteiger partial charge < -0.3 is 14.7 Å². The lowest BCUT2D eigenvalue weighted by Gasteiger charge is -2.34. The number of amides is 2. The van der Waals surface area contributed by atoms with Crippen molar-refractivity contribution in [1.82, 2.24) is 19.3 Å². The first-order chi connectivity index (χ1) is 18.2. The molecule has 3 fully saturated rings. The summed E-state index contributed by atoms with van der Waals surface area (Å²) in [6.45, 7) is 1.16. The molecular weight excluding hydrogens is 556 g/mol. The number of sulfonamides is 1. The van der Waals surface area contributed by atoms with Gasteiger partial charge in [0.1, 0.15) is 5.82 Å². The minimum atomic E-state index is -3.25. The van der Waals surface area contributed by atoms with Crippen molar-refractivity contribution in [1.29, 1.82) is 0 Å². The van der Waals surface area contributed by atoms with Gasteiger partial charge >= 0.3 is 6.03 Å². The van der Waals surface area contributed by atoms with Crippen LogP contribution in [0.15, 0.2) is 40.9 Å². The number of piperazine rings is 1. The molecule has 0 radical (unpaired) electrons. The summed E-state index contributed by atoms with van der Waals surface area (Å²) in [4.78, 5) is 19.0. The monoisotopic (exact) mass is 579 g/mol. The van der Waals surface area contributed by atoms with Crippen LogP contribution < -0.4 is 5.32 Å². The molecule has 3 aromatic rings. The predicted molar refractivity (Wildman–Crippen MR) is 140 cm³/mol. The Morgan fingerprint density at radius 3 is 2.26 bits per heavy atom. The molecule has 2 saturated carbocycles. The molecular formula is C25H24Cl2FN5O4S. The molecule has 200 valence electrons. The van der Waals surface area contributed by atoms with Crippen molar-refractivity contribution in [2.75, 3.05) is 31.5 Å². The molecule has 1 aliphatic heterocycles. The second kappa shape index (κ2) is 9.48. The molecule has 1 N–H and O–H groups in total. The molecule has 0 atom stereocenters. The molecule has 1 aromatic heterocycles. The summed E-state index contributed by atoms with van der Waals surface area (Å²) < 4.78 is 45.1. The van der Waals surface area contributed by atoms with Crippen molar-refractivity contribution in [3.63, 3.8) is 0 Å². The smallest absolute Gasteiger partial charge is 0.321 e. The molecule has 38 heavy (non-hydrogen) atoms. The third kappa shape index (κ3) is 4.66. The van der Waals surface area contributed by atoms with Crippen molar-refractivity contribution in [2.24, 2.45) is 0 Å². The number of hydrogen-bond donors (Lipinski definition) is 1. The van der Waals surface area contributed by atoms with Gasteiger partial charge in [-0.15, -0.1) is 0 Å². The van der Waals surface area contributed by atoms with Gasteiger partial charge in [-0.05, 0) is 62.1 Å². The summed E-state index contributed by atoms with van der Waals surface area (Å²) in [6.07, 6.45) is 2.86. The molecule has 2 amide bonds. The highest BCUT2D eigenvalue weighted by Gasteiger charge is 2.52. The van der Waals surface area contributed by atoms with Crippen LogP contribution in [0.1, 0.15) is 37.1 Å². The first kappa shape index (κ1) is 25.5. The Kier molecular flexibility index (Phi) is 6.37. The highest BCUT2D eigenvalue weighted by Crippen LogP contribution is 2.57. The number of nitrogens with zero attached hydrogens (tertiary/aromatic N) is 4. The summed E-state index contributed by atoms with van der Waals surface area (Å²) in [5.41, 5.74) is 1.08. The lowest BCUT2D eigenvalue weighted by molar-refractivity contribution is 0.184. The molecule has 0 unspecified atom stereocenters. The maximum absolute atomic E-state index is 13.3. The van der Waals surface area contributed by atoms with Crippen molar-refractivity contribution in [3.05, 3.63) is 63.6 Å². The Morgan fingerprint density at radius 2 is 1.68 bits per heavy atom. The van der Waals surface area contributed by atoms with E-state index in [1.807, 2.05) is 0 Å². The fourth-order valence-corrected chi connectivity index (χ4v) is 7.54. The highest BCUT2D eigenvalue weighted by molar-refractivity contribution is 7.90. The molecule has 2 aliphatic carbocycles. The normalized spacial score (nSPS) is 19.4. The summed E-state index contributed by atoms with van der Waals surface area (Å²) in [6, 6.07) is 8.69. The number of carbonyl (C=O) groups excluding carboxylic acids is 1. The van der Waals surface area contributed by atoms with Gasteiger partial charge in [-0.1, -0.05) is 28.4 Å². The van der Waals surface area contributed by atoms with E-state index in [1.54, 1.807) is 29.2 Å². The van der Waals surface area contributed by atoms with Gasteiger partial charge in [-0.25, -0.2) is 17.6 Å². The number of nitrogens with one attached hydrogen (secondary N) is 1. The Balaban J connectivity index is 1.15. The van der Waals surface area contributed by atoms with E-state index in [4.69, 9.17) is 27.7 Å². The van der Waals surface area contributed by atoms with Crippen molar-refractivity contribution in [2.45, 2.75) is 36.3 Å². The first-order valence-electron chi connectivity index (χ1n) is 12.3.